The lowest BCUT2D eigenvalue weighted by atomic mass is 9.52. The zero-order valence-corrected chi connectivity index (χ0v) is 26.0. The molecule has 1 aliphatic heterocycles. The number of ether oxygens (including phenoxy) is 3. The van der Waals surface area contributed by atoms with Crippen molar-refractivity contribution in [3.8, 4) is 5.75 Å². The molecule has 1 aromatic heterocycles. The highest BCUT2D eigenvalue weighted by molar-refractivity contribution is 6.41. The van der Waals surface area contributed by atoms with Gasteiger partial charge in [-0.15, -0.1) is 0 Å². The van der Waals surface area contributed by atoms with Gasteiger partial charge in [0.05, 0.1) is 41.0 Å². The number of piperidine rings is 1. The van der Waals surface area contributed by atoms with Crippen LogP contribution in [0.25, 0.3) is 10.9 Å². The quantitative estimate of drug-likeness (QED) is 0.224. The van der Waals surface area contributed by atoms with Crippen LogP contribution in [0.5, 0.6) is 5.75 Å². The highest BCUT2D eigenvalue weighted by Gasteiger charge is 2.59. The molecule has 1 aliphatic carbocycles. The van der Waals surface area contributed by atoms with Gasteiger partial charge in [0.2, 0.25) is 5.92 Å². The van der Waals surface area contributed by atoms with Gasteiger partial charge in [0.15, 0.2) is 0 Å². The van der Waals surface area contributed by atoms with Gasteiger partial charge in [0.25, 0.3) is 0 Å². The zero-order valence-electron chi connectivity index (χ0n) is 26.0. The molecule has 2 heterocycles. The van der Waals surface area contributed by atoms with E-state index >= 15 is 0 Å². The Morgan fingerprint density at radius 2 is 1.77 bits per heavy atom. The lowest BCUT2D eigenvalue weighted by Crippen LogP contribution is -2.58. The summed E-state index contributed by atoms with van der Waals surface area (Å²) in [6, 6.07) is 7.73. The van der Waals surface area contributed by atoms with Crippen LogP contribution in [0.4, 0.5) is 19.3 Å². The van der Waals surface area contributed by atoms with E-state index in [0.29, 0.717) is 46.3 Å². The Morgan fingerprint density at radius 1 is 1.09 bits per heavy atom. The Labute approximate surface area is 259 Å². The van der Waals surface area contributed by atoms with Crippen LogP contribution in [0.2, 0.25) is 0 Å². The van der Waals surface area contributed by atoms with Gasteiger partial charge in [-0.05, 0) is 93.2 Å². The largest absolute Gasteiger partial charge is 0.496 e. The number of hydrogen-bond donors (Lipinski definition) is 1. The number of alkyl halides is 2. The van der Waals surface area contributed by atoms with Crippen LogP contribution in [-0.4, -0.2) is 69.5 Å². The molecule has 2 aromatic carbocycles. The fourth-order valence-electron chi connectivity index (χ4n) is 7.03. The van der Waals surface area contributed by atoms with Gasteiger partial charge in [0, 0.05) is 41.7 Å². The van der Waals surface area contributed by atoms with Crippen molar-refractivity contribution in [3.63, 3.8) is 0 Å². The molecule has 1 unspecified atom stereocenters. The van der Waals surface area contributed by atoms with Crippen LogP contribution in [0.3, 0.4) is 0 Å². The molecule has 2 aliphatic rings. The minimum Gasteiger partial charge on any atom is -0.496 e. The number of aromatic nitrogens is 1. The fourth-order valence-corrected chi connectivity index (χ4v) is 7.03. The first-order chi connectivity index (χ1) is 20.4. The average Bonchev–Trinajstić information content (AvgIpc) is 3.35. The summed E-state index contributed by atoms with van der Waals surface area (Å²) in [5.74, 6) is -2.87. The summed E-state index contributed by atoms with van der Waals surface area (Å²) in [4.78, 5) is 27.2. The maximum absolute atomic E-state index is 14.2. The van der Waals surface area contributed by atoms with Gasteiger partial charge in [-0.2, -0.15) is 0 Å². The van der Waals surface area contributed by atoms with E-state index in [-0.39, 0.29) is 24.9 Å². The molecule has 8 nitrogen and oxygen atoms in total. The maximum Gasteiger partial charge on any atom is 0.419 e. The Kier molecular flexibility index (Phi) is 7.84. The number of fused-ring (bicyclic) bond motifs is 1. The molecule has 1 atom stereocenters. The summed E-state index contributed by atoms with van der Waals surface area (Å²) in [6.45, 7) is 7.49. The minimum atomic E-state index is -2.73. The molecule has 1 spiro atoms. The monoisotopic (exact) mass is 603 g/mol. The molecular formula is C32H37B2F2N3O5. The van der Waals surface area contributed by atoms with Crippen molar-refractivity contribution in [1.82, 2.24) is 9.47 Å². The van der Waals surface area contributed by atoms with E-state index in [1.54, 1.807) is 51.2 Å². The van der Waals surface area contributed by atoms with Crippen LogP contribution >= 0.6 is 0 Å². The van der Waals surface area contributed by atoms with Crippen molar-refractivity contribution in [2.24, 2.45) is 5.41 Å². The van der Waals surface area contributed by atoms with Crippen LogP contribution in [0.15, 0.2) is 36.5 Å². The topological polar surface area (TPSA) is 96.0 Å². The summed E-state index contributed by atoms with van der Waals surface area (Å²) in [5.41, 5.74) is 8.05. The van der Waals surface area contributed by atoms with Crippen LogP contribution < -0.4 is 10.5 Å². The van der Waals surface area contributed by atoms with Crippen molar-refractivity contribution < 1.29 is 32.6 Å². The number of nitrogens with two attached hydrogens (primary N) is 1. The molecule has 5 rings (SSSR count). The second-order valence-electron chi connectivity index (χ2n) is 13.2. The summed E-state index contributed by atoms with van der Waals surface area (Å²) < 4.78 is 46.2. The standard InChI is InChI=1S/C32H37B2F2N3O5/c1-18-13-24(42-5)25(21-9-11-38(26(18)21)28(41)44-29(2,3)4)32(33,34)39-12-10-30(16-31(35,36)17-30)15-23(39)20-8-7-19(14-22(20)37)27(40)43-6/h7-9,11,13-14,23H,10,12,15-17,37H2,1-6H3. The summed E-state index contributed by atoms with van der Waals surface area (Å²) >= 11 is 0. The van der Waals surface area contributed by atoms with Gasteiger partial charge in [-0.25, -0.2) is 18.4 Å². The van der Waals surface area contributed by atoms with E-state index in [2.05, 4.69) is 0 Å². The molecule has 2 fully saturated rings. The minimum absolute atomic E-state index is 0.233. The lowest BCUT2D eigenvalue weighted by molar-refractivity contribution is -0.187. The van der Waals surface area contributed by atoms with Gasteiger partial charge in [-0.3, -0.25) is 4.57 Å². The van der Waals surface area contributed by atoms with Crippen LogP contribution in [-0.2, 0) is 14.8 Å². The van der Waals surface area contributed by atoms with Crippen LogP contribution in [0, 0.1) is 12.3 Å². The number of carbonyl (C=O) groups excluding carboxylic acids is 2. The summed E-state index contributed by atoms with van der Waals surface area (Å²) in [6.07, 6.45) is 1.36. The maximum atomic E-state index is 14.2. The highest BCUT2D eigenvalue weighted by Crippen LogP contribution is 2.62. The van der Waals surface area contributed by atoms with Gasteiger partial charge < -0.3 is 24.8 Å². The molecule has 44 heavy (non-hydrogen) atoms. The van der Waals surface area contributed by atoms with Crippen molar-refractivity contribution >= 4 is 44.3 Å². The fraction of sp³-hybridized carbons (Fsp3) is 0.500. The first kappa shape index (κ1) is 31.9. The molecule has 3 aromatic rings. The third-order valence-corrected chi connectivity index (χ3v) is 8.83. The number of carbonyl (C=O) groups is 2. The van der Waals surface area contributed by atoms with E-state index in [4.69, 9.17) is 35.6 Å². The number of nitrogen functional groups attached to an aromatic ring is 1. The van der Waals surface area contributed by atoms with E-state index in [9.17, 15) is 18.4 Å². The number of hydrogen-bond acceptors (Lipinski definition) is 7. The predicted octanol–water partition coefficient (Wildman–Crippen LogP) is 5.81. The number of anilines is 1. The third kappa shape index (κ3) is 5.57. The van der Waals surface area contributed by atoms with Gasteiger partial charge in [-0.1, -0.05) is 6.07 Å². The Balaban J connectivity index is 1.64. The van der Waals surface area contributed by atoms with Crippen molar-refractivity contribution in [2.75, 3.05) is 26.5 Å². The van der Waals surface area contributed by atoms with Crippen molar-refractivity contribution in [2.45, 2.75) is 76.3 Å². The molecule has 12 heteroatoms. The molecule has 230 valence electrons. The molecule has 2 N–H and O–H groups in total. The number of methoxy groups -OCH3 is 2. The second kappa shape index (κ2) is 10.8. The molecule has 1 saturated carbocycles. The van der Waals surface area contributed by atoms with E-state index < -0.39 is 40.4 Å². The molecule has 0 amide bonds. The van der Waals surface area contributed by atoms with Crippen LogP contribution in [0.1, 0.15) is 79.5 Å². The van der Waals surface area contributed by atoms with Gasteiger partial charge >= 0.3 is 12.1 Å². The molecule has 1 saturated heterocycles. The SMILES string of the molecule is [B]C([B])(c1c(OC)cc(C)c2c1ccn2C(=O)OC(C)(C)C)N1CCC2(CC1c1ccc(C(=O)OC)cc1N)CC(F)(F)C2. The second-order valence-corrected chi connectivity index (χ2v) is 13.2. The van der Waals surface area contributed by atoms with Crippen molar-refractivity contribution in [3.05, 3.63) is 58.8 Å². The number of halogens is 2. The van der Waals surface area contributed by atoms with E-state index in [1.165, 1.54) is 24.9 Å². The Bertz CT molecular complexity index is 1620. The Hall–Kier alpha value is -3.53. The number of nitrogens with zero attached hydrogens (tertiary/aromatic N) is 2. The smallest absolute Gasteiger partial charge is 0.419 e. The number of benzene rings is 2. The third-order valence-electron chi connectivity index (χ3n) is 8.83. The predicted molar refractivity (Wildman–Crippen MR) is 166 cm³/mol. The molecule has 4 radical (unpaired) electrons. The van der Waals surface area contributed by atoms with Gasteiger partial charge in [0.1, 0.15) is 11.4 Å². The lowest BCUT2D eigenvalue weighted by Gasteiger charge is -2.58. The molecule has 0 bridgehead atoms. The van der Waals surface area contributed by atoms with E-state index in [1.807, 2.05) is 11.8 Å². The zero-order chi connectivity index (χ0) is 32.4. The molecular weight excluding hydrogens is 566 g/mol. The number of likely N-dealkylation sites (tertiary alicyclic amines) is 1. The number of aryl methyl sites for hydroxylation is 1. The average molecular weight is 603 g/mol. The number of rotatable bonds is 5. The Morgan fingerprint density at radius 3 is 2.34 bits per heavy atom. The first-order valence-electron chi connectivity index (χ1n) is 14.5. The first-order valence-corrected chi connectivity index (χ1v) is 14.5. The highest BCUT2D eigenvalue weighted by atomic mass is 19.3. The van der Waals surface area contributed by atoms with Crippen molar-refractivity contribution in [1.29, 1.82) is 0 Å². The van der Waals surface area contributed by atoms with E-state index in [0.717, 1.165) is 5.56 Å². The number of esters is 1. The summed E-state index contributed by atoms with van der Waals surface area (Å²) in [7, 11) is 17.0. The summed E-state index contributed by atoms with van der Waals surface area (Å²) in [5, 5.41) is -1.12. The normalized spacial score (nSPS) is 19.9.